The van der Waals surface area contributed by atoms with Gasteiger partial charge in [0.05, 0.1) is 6.10 Å². The molecule has 2 unspecified atom stereocenters. The van der Waals surface area contributed by atoms with E-state index in [9.17, 15) is 5.11 Å². The van der Waals surface area contributed by atoms with E-state index in [-0.39, 0.29) is 6.10 Å². The molecule has 0 aliphatic heterocycles. The van der Waals surface area contributed by atoms with E-state index in [1.54, 1.807) is 0 Å². The number of hydrogen-bond acceptors (Lipinski definition) is 1. The Morgan fingerprint density at radius 2 is 2.00 bits per heavy atom. The van der Waals surface area contributed by atoms with Gasteiger partial charge in [0.2, 0.25) is 0 Å². The molecule has 1 N–H and O–H groups in total. The van der Waals surface area contributed by atoms with Crippen molar-refractivity contribution in [2.45, 2.75) is 12.5 Å². The summed E-state index contributed by atoms with van der Waals surface area (Å²) in [6, 6.07) is 0. The van der Waals surface area contributed by atoms with E-state index in [0.29, 0.717) is 5.92 Å². The summed E-state index contributed by atoms with van der Waals surface area (Å²) in [5.41, 5.74) is 1.11. The molecule has 12 heavy (non-hydrogen) atoms. The highest BCUT2D eigenvalue weighted by atomic mass is 16.3. The molecule has 0 radical (unpaired) electrons. The van der Waals surface area contributed by atoms with Gasteiger partial charge in [-0.1, -0.05) is 42.5 Å². The summed E-state index contributed by atoms with van der Waals surface area (Å²) in [6.45, 7) is 0. The van der Waals surface area contributed by atoms with Crippen LogP contribution in [0.4, 0.5) is 0 Å². The average molecular weight is 160 g/mol. The highest BCUT2D eigenvalue weighted by molar-refractivity contribution is 5.30. The Hall–Kier alpha value is -1.08. The topological polar surface area (TPSA) is 20.2 Å². The van der Waals surface area contributed by atoms with Gasteiger partial charge in [-0.15, -0.1) is 0 Å². The van der Waals surface area contributed by atoms with Crippen molar-refractivity contribution in [3.63, 3.8) is 0 Å². The number of allylic oxidation sites excluding steroid dienone is 6. The van der Waals surface area contributed by atoms with Gasteiger partial charge in [-0.3, -0.25) is 0 Å². The molecule has 62 valence electrons. The van der Waals surface area contributed by atoms with E-state index in [1.807, 2.05) is 24.3 Å². The normalized spacial score (nSPS) is 42.2. The molecule has 0 saturated heterocycles. The van der Waals surface area contributed by atoms with Crippen LogP contribution in [0.5, 0.6) is 0 Å². The lowest BCUT2D eigenvalue weighted by Crippen LogP contribution is -2.15. The lowest BCUT2D eigenvalue weighted by molar-refractivity contribution is 0.247. The molecule has 2 bridgehead atoms. The fraction of sp³-hybridized carbons (Fsp3) is 0.273. The lowest BCUT2D eigenvalue weighted by Gasteiger charge is -2.21. The van der Waals surface area contributed by atoms with Crippen LogP contribution >= 0.6 is 0 Å². The van der Waals surface area contributed by atoms with E-state index >= 15 is 0 Å². The SMILES string of the molecule is OC1C=CC2\C=C/C=C\C=C\1C2. The van der Waals surface area contributed by atoms with Crippen molar-refractivity contribution >= 4 is 0 Å². The zero-order valence-corrected chi connectivity index (χ0v) is 6.85. The molecular weight excluding hydrogens is 148 g/mol. The van der Waals surface area contributed by atoms with Crippen molar-refractivity contribution in [2.75, 3.05) is 0 Å². The van der Waals surface area contributed by atoms with Crippen LogP contribution in [0.15, 0.2) is 48.1 Å². The maximum absolute atomic E-state index is 9.52. The van der Waals surface area contributed by atoms with Crippen LogP contribution in [-0.4, -0.2) is 11.2 Å². The average Bonchev–Trinajstić information content (AvgIpc) is 2.03. The number of aliphatic hydroxyl groups is 1. The predicted octanol–water partition coefficient (Wildman–Crippen LogP) is 1.98. The Balaban J connectivity index is 2.34. The van der Waals surface area contributed by atoms with Crippen molar-refractivity contribution in [1.29, 1.82) is 0 Å². The van der Waals surface area contributed by atoms with Gasteiger partial charge in [0.15, 0.2) is 0 Å². The van der Waals surface area contributed by atoms with E-state index in [0.717, 1.165) is 12.0 Å². The van der Waals surface area contributed by atoms with Gasteiger partial charge in [0.25, 0.3) is 0 Å². The van der Waals surface area contributed by atoms with Crippen molar-refractivity contribution in [3.8, 4) is 0 Å². The Kier molecular flexibility index (Phi) is 1.96. The predicted molar refractivity (Wildman–Crippen MR) is 49.6 cm³/mol. The third-order valence-electron chi connectivity index (χ3n) is 2.28. The molecule has 2 aliphatic carbocycles. The van der Waals surface area contributed by atoms with Gasteiger partial charge >= 0.3 is 0 Å². The van der Waals surface area contributed by atoms with Crippen LogP contribution in [0.25, 0.3) is 0 Å². The molecule has 0 saturated carbocycles. The maximum Gasteiger partial charge on any atom is 0.0935 e. The first kappa shape index (κ1) is 7.56. The Morgan fingerprint density at radius 3 is 2.92 bits per heavy atom. The van der Waals surface area contributed by atoms with Crippen LogP contribution in [0.3, 0.4) is 0 Å². The molecular formula is C11H12O. The van der Waals surface area contributed by atoms with Gasteiger partial charge in [-0.05, 0) is 17.9 Å². The number of aliphatic hydroxyl groups excluding tert-OH is 1. The van der Waals surface area contributed by atoms with Crippen LogP contribution in [-0.2, 0) is 0 Å². The molecule has 0 fully saturated rings. The minimum atomic E-state index is -0.364. The van der Waals surface area contributed by atoms with Gasteiger partial charge in [-0.2, -0.15) is 0 Å². The summed E-state index contributed by atoms with van der Waals surface area (Å²) < 4.78 is 0. The molecule has 0 aromatic carbocycles. The van der Waals surface area contributed by atoms with Crippen LogP contribution in [0.1, 0.15) is 6.42 Å². The number of fused-ring (bicyclic) bond motifs is 2. The zero-order chi connectivity index (χ0) is 8.39. The van der Waals surface area contributed by atoms with Gasteiger partial charge in [-0.25, -0.2) is 0 Å². The molecule has 0 aromatic rings. The molecule has 0 aromatic heterocycles. The molecule has 2 rings (SSSR count). The first-order chi connectivity index (χ1) is 5.86. The van der Waals surface area contributed by atoms with E-state index in [1.165, 1.54) is 0 Å². The summed E-state index contributed by atoms with van der Waals surface area (Å²) in [6.07, 6.45) is 14.7. The van der Waals surface area contributed by atoms with Crippen molar-refractivity contribution < 1.29 is 5.11 Å². The first-order valence-corrected chi connectivity index (χ1v) is 4.26. The second-order valence-corrected chi connectivity index (χ2v) is 3.21. The number of rotatable bonds is 0. The van der Waals surface area contributed by atoms with Crippen molar-refractivity contribution in [2.24, 2.45) is 5.92 Å². The molecule has 1 nitrogen and oxygen atoms in total. The largest absolute Gasteiger partial charge is 0.385 e. The molecule has 0 spiro atoms. The molecule has 0 heterocycles. The standard InChI is InChI=1S/C11H12O/c12-11-7-6-9-4-2-1-3-5-10(11)8-9/h1-7,9,11-12H,8H2/b3-1-,4-2-,10-5+. The summed E-state index contributed by atoms with van der Waals surface area (Å²) >= 11 is 0. The smallest absolute Gasteiger partial charge is 0.0935 e. The van der Waals surface area contributed by atoms with Gasteiger partial charge in [0.1, 0.15) is 0 Å². The first-order valence-electron chi connectivity index (χ1n) is 4.26. The number of hydrogen-bond donors (Lipinski definition) is 1. The molecule has 0 amide bonds. The molecule has 1 heteroatoms. The summed E-state index contributed by atoms with van der Waals surface area (Å²) in [5.74, 6) is 0.476. The van der Waals surface area contributed by atoms with E-state index in [2.05, 4.69) is 18.2 Å². The van der Waals surface area contributed by atoms with Gasteiger partial charge < -0.3 is 5.11 Å². The summed E-state index contributed by atoms with van der Waals surface area (Å²) in [4.78, 5) is 0. The Morgan fingerprint density at radius 1 is 1.08 bits per heavy atom. The Bertz CT molecular complexity index is 281. The highest BCUT2D eigenvalue weighted by Crippen LogP contribution is 2.25. The van der Waals surface area contributed by atoms with E-state index in [4.69, 9.17) is 0 Å². The highest BCUT2D eigenvalue weighted by Gasteiger charge is 2.16. The maximum atomic E-state index is 9.52. The van der Waals surface area contributed by atoms with Crippen LogP contribution in [0.2, 0.25) is 0 Å². The fourth-order valence-corrected chi connectivity index (χ4v) is 1.58. The fourth-order valence-electron chi connectivity index (χ4n) is 1.58. The van der Waals surface area contributed by atoms with Crippen molar-refractivity contribution in [1.82, 2.24) is 0 Å². The third-order valence-corrected chi connectivity index (χ3v) is 2.28. The lowest BCUT2D eigenvalue weighted by atomic mass is 9.88. The van der Waals surface area contributed by atoms with Gasteiger partial charge in [0, 0.05) is 0 Å². The molecule has 2 atom stereocenters. The van der Waals surface area contributed by atoms with Crippen LogP contribution in [0, 0.1) is 5.92 Å². The van der Waals surface area contributed by atoms with E-state index < -0.39 is 0 Å². The zero-order valence-electron chi connectivity index (χ0n) is 6.85. The van der Waals surface area contributed by atoms with Crippen LogP contribution < -0.4 is 0 Å². The third kappa shape index (κ3) is 1.41. The second kappa shape index (κ2) is 3.11. The quantitative estimate of drug-likeness (QED) is 0.537. The second-order valence-electron chi connectivity index (χ2n) is 3.21. The minimum absolute atomic E-state index is 0.364. The minimum Gasteiger partial charge on any atom is -0.385 e. The Labute approximate surface area is 72.4 Å². The summed E-state index contributed by atoms with van der Waals surface area (Å²) in [7, 11) is 0. The summed E-state index contributed by atoms with van der Waals surface area (Å²) in [5, 5.41) is 9.52. The molecule has 2 aliphatic rings. The van der Waals surface area contributed by atoms with Crippen molar-refractivity contribution in [3.05, 3.63) is 48.1 Å². The monoisotopic (exact) mass is 160 g/mol.